The van der Waals surface area contributed by atoms with Crippen LogP contribution in [0.15, 0.2) is 65.4 Å². The maximum atomic E-state index is 14.2. The standard InChI is InChI=1S/C27H25ClF4N6O4/c1-3-4-21(26(41)34-15-6-7-16(25(33)40)19(29)10-15)37-12-22(42-2)18(11-24(37)39)17-9-14(28)5-8-20(17)38-13-23(35-36-38)27(30,31)32/h5-13,21,35-36H,3-4H2,1-2H3,(H2,33,40)(H,34,41). The van der Waals surface area contributed by atoms with E-state index in [4.69, 9.17) is 22.1 Å². The number of pyridine rings is 1. The monoisotopic (exact) mass is 608 g/mol. The van der Waals surface area contributed by atoms with Crippen LogP contribution in [0.5, 0.6) is 5.75 Å². The van der Waals surface area contributed by atoms with Crippen LogP contribution < -0.4 is 37.3 Å². The van der Waals surface area contributed by atoms with E-state index in [2.05, 4.69) is 16.3 Å². The van der Waals surface area contributed by atoms with Gasteiger partial charge in [-0.05, 0) is 42.8 Å². The lowest BCUT2D eigenvalue weighted by atomic mass is 10.0. The van der Waals surface area contributed by atoms with Gasteiger partial charge in [-0.1, -0.05) is 24.9 Å². The number of carbonyl (C=O) groups excluding carboxylic acids is 2. The molecule has 5 N–H and O–H groups in total. The molecule has 1 unspecified atom stereocenters. The summed E-state index contributed by atoms with van der Waals surface area (Å²) in [5.74, 6) is -2.41. The van der Waals surface area contributed by atoms with Gasteiger partial charge in [-0.25, -0.2) is 4.39 Å². The fraction of sp³-hybridized carbons (Fsp3) is 0.222. The number of rotatable bonds is 9. The molecule has 1 aliphatic heterocycles. The number of methoxy groups -OCH3 is 1. The molecule has 0 aliphatic carbocycles. The van der Waals surface area contributed by atoms with Crippen LogP contribution >= 0.6 is 11.6 Å². The predicted octanol–water partition coefficient (Wildman–Crippen LogP) is 4.63. The second-order valence-corrected chi connectivity index (χ2v) is 9.60. The maximum absolute atomic E-state index is 14.2. The summed E-state index contributed by atoms with van der Waals surface area (Å²) in [4.78, 5) is 38.0. The average molecular weight is 609 g/mol. The first-order valence-corrected chi connectivity index (χ1v) is 12.8. The van der Waals surface area contributed by atoms with Gasteiger partial charge in [-0.2, -0.15) is 13.2 Å². The van der Waals surface area contributed by atoms with Crippen LogP contribution in [0.4, 0.5) is 28.9 Å². The van der Waals surface area contributed by atoms with E-state index >= 15 is 0 Å². The highest BCUT2D eigenvalue weighted by Crippen LogP contribution is 2.39. The molecule has 1 atom stereocenters. The third-order valence-electron chi connectivity index (χ3n) is 6.35. The lowest BCUT2D eigenvalue weighted by Gasteiger charge is -2.23. The molecule has 2 aromatic carbocycles. The van der Waals surface area contributed by atoms with Gasteiger partial charge in [-0.15, -0.1) is 5.53 Å². The number of aromatic nitrogens is 1. The lowest BCUT2D eigenvalue weighted by Crippen LogP contribution is -2.38. The predicted molar refractivity (Wildman–Crippen MR) is 148 cm³/mol. The van der Waals surface area contributed by atoms with Gasteiger partial charge in [0.1, 0.15) is 17.6 Å². The SMILES string of the molecule is CCCC(C(=O)Nc1ccc(C(N)=O)c(F)c1)n1cc(OC)c(-c2cc(Cl)ccc2N2C=C(C(F)(F)F)NN2)cc1=O. The number of amides is 2. The molecular formula is C27H25ClF4N6O4. The van der Waals surface area contributed by atoms with Crippen LogP contribution in [-0.2, 0) is 4.79 Å². The largest absolute Gasteiger partial charge is 0.495 e. The van der Waals surface area contributed by atoms with Gasteiger partial charge in [-0.3, -0.25) is 29.4 Å². The van der Waals surface area contributed by atoms with Crippen molar-refractivity contribution in [2.75, 3.05) is 17.4 Å². The highest BCUT2D eigenvalue weighted by Gasteiger charge is 2.38. The van der Waals surface area contributed by atoms with Crippen molar-refractivity contribution < 1.29 is 31.9 Å². The number of hydrazine groups is 2. The van der Waals surface area contributed by atoms with E-state index < -0.39 is 41.1 Å². The van der Waals surface area contributed by atoms with Crippen molar-refractivity contribution in [3.8, 4) is 16.9 Å². The molecule has 0 bridgehead atoms. The van der Waals surface area contributed by atoms with Crippen molar-refractivity contribution in [1.29, 1.82) is 0 Å². The Hall–Kier alpha value is -4.56. The number of nitrogens with one attached hydrogen (secondary N) is 3. The van der Waals surface area contributed by atoms with Gasteiger partial charge >= 0.3 is 6.18 Å². The highest BCUT2D eigenvalue weighted by molar-refractivity contribution is 6.31. The van der Waals surface area contributed by atoms with Gasteiger partial charge in [0, 0.05) is 27.9 Å². The Bertz CT molecular complexity index is 1630. The molecule has 1 aliphatic rings. The highest BCUT2D eigenvalue weighted by atomic mass is 35.5. The van der Waals surface area contributed by atoms with Crippen LogP contribution in [0.1, 0.15) is 36.2 Å². The number of primary amides is 1. The zero-order valence-electron chi connectivity index (χ0n) is 22.2. The van der Waals surface area contributed by atoms with Crippen LogP contribution in [0.25, 0.3) is 11.1 Å². The summed E-state index contributed by atoms with van der Waals surface area (Å²) >= 11 is 6.21. The molecule has 0 fully saturated rings. The number of alkyl halides is 3. The number of nitrogens with zero attached hydrogens (tertiary/aromatic N) is 2. The summed E-state index contributed by atoms with van der Waals surface area (Å²) in [7, 11) is 1.33. The van der Waals surface area contributed by atoms with Gasteiger partial charge in [0.05, 0.1) is 30.8 Å². The number of allylic oxidation sites excluding steroid dienone is 1. The summed E-state index contributed by atoms with van der Waals surface area (Å²) in [6, 6.07) is 7.89. The zero-order chi connectivity index (χ0) is 30.8. The van der Waals surface area contributed by atoms with Crippen molar-refractivity contribution in [2.24, 2.45) is 5.73 Å². The van der Waals surface area contributed by atoms with E-state index in [9.17, 15) is 31.9 Å². The molecule has 2 heterocycles. The first kappa shape index (κ1) is 30.4. The lowest BCUT2D eigenvalue weighted by molar-refractivity contribution is -0.119. The minimum Gasteiger partial charge on any atom is -0.495 e. The Labute approximate surface area is 241 Å². The van der Waals surface area contributed by atoms with E-state index in [1.54, 1.807) is 6.92 Å². The molecular weight excluding hydrogens is 584 g/mol. The van der Waals surface area contributed by atoms with Gasteiger partial charge in [0.2, 0.25) is 5.91 Å². The molecule has 1 aromatic heterocycles. The molecule has 15 heteroatoms. The number of nitrogens with two attached hydrogens (primary N) is 1. The molecule has 0 saturated heterocycles. The minimum absolute atomic E-state index is 0.0433. The fourth-order valence-electron chi connectivity index (χ4n) is 4.36. The summed E-state index contributed by atoms with van der Waals surface area (Å²) in [6.07, 6.45) is -1.82. The van der Waals surface area contributed by atoms with Crippen molar-refractivity contribution in [1.82, 2.24) is 15.5 Å². The number of hydrogen-bond acceptors (Lipinski definition) is 7. The number of carbonyl (C=O) groups is 2. The van der Waals surface area contributed by atoms with Crippen LogP contribution in [-0.4, -0.2) is 29.7 Å². The molecule has 10 nitrogen and oxygen atoms in total. The average Bonchev–Trinajstić information content (AvgIpc) is 3.42. The van der Waals surface area contributed by atoms with Crippen LogP contribution in [0.3, 0.4) is 0 Å². The van der Waals surface area contributed by atoms with Crippen LogP contribution in [0.2, 0.25) is 5.02 Å². The van der Waals surface area contributed by atoms with Crippen molar-refractivity contribution in [3.63, 3.8) is 0 Å². The number of benzene rings is 2. The summed E-state index contributed by atoms with van der Waals surface area (Å²) in [5, 5.41) is 3.86. The summed E-state index contributed by atoms with van der Waals surface area (Å²) in [5.41, 5.74) is 8.29. The molecule has 3 aromatic rings. The Kier molecular flexibility index (Phi) is 8.78. The normalized spacial score (nSPS) is 13.8. The molecule has 4 rings (SSSR count). The quantitative estimate of drug-likeness (QED) is 0.261. The van der Waals surface area contributed by atoms with Crippen molar-refractivity contribution in [3.05, 3.63) is 87.3 Å². The third-order valence-corrected chi connectivity index (χ3v) is 6.58. The minimum atomic E-state index is -4.64. The molecule has 0 spiro atoms. The topological polar surface area (TPSA) is 131 Å². The molecule has 222 valence electrons. The number of anilines is 2. The maximum Gasteiger partial charge on any atom is 0.433 e. The van der Waals surface area contributed by atoms with Crippen molar-refractivity contribution >= 4 is 34.8 Å². The van der Waals surface area contributed by atoms with E-state index in [1.165, 1.54) is 43.6 Å². The Balaban J connectivity index is 1.73. The number of ether oxygens (including phenoxy) is 1. The second kappa shape index (κ2) is 12.1. The Morgan fingerprint density at radius 2 is 1.88 bits per heavy atom. The first-order chi connectivity index (χ1) is 19.8. The fourth-order valence-corrected chi connectivity index (χ4v) is 4.53. The number of hydrogen-bond donors (Lipinski definition) is 4. The summed E-state index contributed by atoms with van der Waals surface area (Å²) in [6.45, 7) is 1.80. The van der Waals surface area contributed by atoms with Gasteiger partial charge in [0.25, 0.3) is 11.5 Å². The van der Waals surface area contributed by atoms with Crippen LogP contribution in [0, 0.1) is 5.82 Å². The first-order valence-electron chi connectivity index (χ1n) is 12.4. The number of halogens is 5. The molecule has 0 radical (unpaired) electrons. The summed E-state index contributed by atoms with van der Waals surface area (Å²) < 4.78 is 60.6. The molecule has 2 amide bonds. The van der Waals surface area contributed by atoms with Gasteiger partial charge in [0.15, 0.2) is 5.70 Å². The molecule has 0 saturated carbocycles. The Morgan fingerprint density at radius 1 is 1.14 bits per heavy atom. The van der Waals surface area contributed by atoms with E-state index in [0.29, 0.717) is 6.42 Å². The molecule has 42 heavy (non-hydrogen) atoms. The van der Waals surface area contributed by atoms with E-state index in [0.717, 1.165) is 27.9 Å². The van der Waals surface area contributed by atoms with Crippen molar-refractivity contribution in [2.45, 2.75) is 32.0 Å². The second-order valence-electron chi connectivity index (χ2n) is 9.16. The van der Waals surface area contributed by atoms with E-state index in [1.807, 2.05) is 0 Å². The Morgan fingerprint density at radius 3 is 2.48 bits per heavy atom. The third kappa shape index (κ3) is 6.34. The smallest absolute Gasteiger partial charge is 0.433 e. The van der Waals surface area contributed by atoms with E-state index in [-0.39, 0.29) is 45.3 Å². The van der Waals surface area contributed by atoms with Gasteiger partial charge < -0.3 is 15.8 Å². The zero-order valence-corrected chi connectivity index (χ0v) is 22.9.